The van der Waals surface area contributed by atoms with Gasteiger partial charge in [0.1, 0.15) is 0 Å². The molecule has 0 radical (unpaired) electrons. The lowest BCUT2D eigenvalue weighted by atomic mass is 9.97. The first-order valence-corrected chi connectivity index (χ1v) is 24.1. The fraction of sp³-hybridized carbons (Fsp3) is 0. The molecule has 0 aliphatic carbocycles. The maximum atomic E-state index is 5.61. The molecule has 0 unspecified atom stereocenters. The van der Waals surface area contributed by atoms with Crippen LogP contribution in [0.4, 0.5) is 0 Å². The van der Waals surface area contributed by atoms with Crippen molar-refractivity contribution in [3.8, 4) is 67.8 Å². The number of nitrogens with zero attached hydrogens (tertiary/aromatic N) is 5. The molecule has 0 fully saturated rings. The zero-order chi connectivity index (χ0) is 45.4. The van der Waals surface area contributed by atoms with Crippen LogP contribution in [0.3, 0.4) is 0 Å². The van der Waals surface area contributed by atoms with Crippen LogP contribution in [0.15, 0.2) is 237 Å². The Bertz CT molecular complexity index is 4250. The third kappa shape index (κ3) is 6.34. The van der Waals surface area contributed by atoms with E-state index in [1.807, 2.05) is 29.5 Å². The highest BCUT2D eigenvalue weighted by molar-refractivity contribution is 7.26. The Morgan fingerprint density at radius 3 is 1.45 bits per heavy atom. The molecule has 5 nitrogen and oxygen atoms in total. The first kappa shape index (κ1) is 39.2. The highest BCUT2D eigenvalue weighted by Gasteiger charge is 2.24. The van der Waals surface area contributed by atoms with Crippen LogP contribution in [0.1, 0.15) is 0 Å². The summed E-state index contributed by atoms with van der Waals surface area (Å²) in [6, 6.07) is 84.4. The number of para-hydroxylation sites is 5. The molecule has 322 valence electrons. The summed E-state index contributed by atoms with van der Waals surface area (Å²) in [6.45, 7) is 0. The summed E-state index contributed by atoms with van der Waals surface area (Å²) in [5, 5.41) is 7.07. The summed E-state index contributed by atoms with van der Waals surface area (Å²) < 4.78 is 7.10. The van der Waals surface area contributed by atoms with E-state index in [2.05, 4.69) is 228 Å². The minimum absolute atomic E-state index is 0.611. The molecule has 0 amide bonds. The number of aromatic nitrogens is 5. The maximum Gasteiger partial charge on any atom is 0.166 e. The van der Waals surface area contributed by atoms with Gasteiger partial charge < -0.3 is 9.13 Å². The van der Waals surface area contributed by atoms with Crippen LogP contribution >= 0.6 is 11.3 Å². The van der Waals surface area contributed by atoms with E-state index in [1.54, 1.807) is 0 Å². The Balaban J connectivity index is 1.08. The van der Waals surface area contributed by atoms with E-state index in [0.717, 1.165) is 65.6 Å². The highest BCUT2D eigenvalue weighted by Crippen LogP contribution is 2.47. The van der Waals surface area contributed by atoms with Crippen LogP contribution in [-0.2, 0) is 0 Å². The lowest BCUT2D eigenvalue weighted by Gasteiger charge is -2.14. The van der Waals surface area contributed by atoms with Gasteiger partial charge in [-0.05, 0) is 76.9 Å². The standard InChI is InChI=1S/C63H39N5S/c1-4-19-40(20-5-1)42-23-16-24-43(37-42)46-30-17-32-51-53-38-45(67-55-34-13-10-27-47(55)48-28-11-14-35-56(48)67)39-54(60(53)69-59(46)51)63-65-61(41-21-6-2-7-22-41)64-62(66-63)52-33-18-31-50-49-29-12-15-36-57(49)68(58(50)52)44-25-8-3-9-26-44/h1-39H. The number of thiophene rings is 1. The predicted molar refractivity (Wildman–Crippen MR) is 289 cm³/mol. The number of benzene rings is 10. The van der Waals surface area contributed by atoms with E-state index in [1.165, 1.54) is 48.5 Å². The Hall–Kier alpha value is -8.97. The normalized spacial score (nSPS) is 11.8. The zero-order valence-corrected chi connectivity index (χ0v) is 38.0. The van der Waals surface area contributed by atoms with Crippen molar-refractivity contribution in [2.24, 2.45) is 0 Å². The summed E-state index contributed by atoms with van der Waals surface area (Å²) in [6.07, 6.45) is 0. The first-order chi connectivity index (χ1) is 34.2. The molecule has 0 spiro atoms. The smallest absolute Gasteiger partial charge is 0.166 e. The van der Waals surface area contributed by atoms with Gasteiger partial charge in [-0.2, -0.15) is 0 Å². The molecule has 4 heterocycles. The second kappa shape index (κ2) is 15.8. The fourth-order valence-electron chi connectivity index (χ4n) is 10.5. The molecule has 0 aliphatic heterocycles. The van der Waals surface area contributed by atoms with Gasteiger partial charge in [0, 0.05) is 69.8 Å². The third-order valence-electron chi connectivity index (χ3n) is 13.6. The molecule has 0 saturated carbocycles. The van der Waals surface area contributed by atoms with Crippen LogP contribution in [0.5, 0.6) is 0 Å². The average Bonchev–Trinajstić information content (AvgIpc) is 4.09. The largest absolute Gasteiger partial charge is 0.309 e. The van der Waals surface area contributed by atoms with Gasteiger partial charge in [-0.25, -0.2) is 15.0 Å². The van der Waals surface area contributed by atoms with Crippen molar-refractivity contribution < 1.29 is 0 Å². The third-order valence-corrected chi connectivity index (χ3v) is 14.8. The molecule has 4 aromatic heterocycles. The first-order valence-electron chi connectivity index (χ1n) is 23.3. The molecule has 0 bridgehead atoms. The molecular weight excluding hydrogens is 859 g/mol. The quantitative estimate of drug-likeness (QED) is 0.160. The Labute approximate surface area is 401 Å². The molecule has 6 heteroatoms. The monoisotopic (exact) mass is 897 g/mol. The molecular formula is C63H39N5S. The van der Waals surface area contributed by atoms with Gasteiger partial charge in [-0.15, -0.1) is 11.3 Å². The van der Waals surface area contributed by atoms with Crippen LogP contribution in [0, 0.1) is 0 Å². The van der Waals surface area contributed by atoms with Crippen molar-refractivity contribution >= 4 is 75.1 Å². The number of rotatable bonds is 7. The molecule has 14 rings (SSSR count). The van der Waals surface area contributed by atoms with E-state index in [0.29, 0.717) is 17.5 Å². The van der Waals surface area contributed by atoms with E-state index < -0.39 is 0 Å². The summed E-state index contributed by atoms with van der Waals surface area (Å²) in [5.74, 6) is 1.84. The maximum absolute atomic E-state index is 5.61. The van der Waals surface area contributed by atoms with Crippen LogP contribution in [-0.4, -0.2) is 24.1 Å². The van der Waals surface area contributed by atoms with Crippen LogP contribution in [0.2, 0.25) is 0 Å². The van der Waals surface area contributed by atoms with E-state index >= 15 is 0 Å². The lowest BCUT2D eigenvalue weighted by Crippen LogP contribution is -2.03. The minimum atomic E-state index is 0.611. The lowest BCUT2D eigenvalue weighted by molar-refractivity contribution is 1.07. The van der Waals surface area contributed by atoms with Crippen molar-refractivity contribution in [2.75, 3.05) is 0 Å². The van der Waals surface area contributed by atoms with Gasteiger partial charge in [0.25, 0.3) is 0 Å². The molecule has 14 aromatic rings. The Morgan fingerprint density at radius 2 is 0.754 bits per heavy atom. The fourth-order valence-corrected chi connectivity index (χ4v) is 11.8. The van der Waals surface area contributed by atoms with E-state index in [9.17, 15) is 0 Å². The van der Waals surface area contributed by atoms with Crippen molar-refractivity contribution in [3.05, 3.63) is 237 Å². The van der Waals surface area contributed by atoms with Crippen molar-refractivity contribution in [2.45, 2.75) is 0 Å². The number of hydrogen-bond acceptors (Lipinski definition) is 4. The van der Waals surface area contributed by atoms with Gasteiger partial charge in [-0.3, -0.25) is 0 Å². The van der Waals surface area contributed by atoms with Crippen molar-refractivity contribution in [1.29, 1.82) is 0 Å². The van der Waals surface area contributed by atoms with Crippen LogP contribution < -0.4 is 0 Å². The van der Waals surface area contributed by atoms with Gasteiger partial charge in [0.05, 0.1) is 22.1 Å². The summed E-state index contributed by atoms with van der Waals surface area (Å²) in [4.78, 5) is 16.5. The molecule has 0 aliphatic rings. The second-order valence-corrected chi connectivity index (χ2v) is 18.6. The Kier molecular flexibility index (Phi) is 9.00. The molecule has 0 N–H and O–H groups in total. The number of fused-ring (bicyclic) bond motifs is 9. The topological polar surface area (TPSA) is 48.5 Å². The molecule has 69 heavy (non-hydrogen) atoms. The second-order valence-electron chi connectivity index (χ2n) is 17.5. The number of hydrogen-bond donors (Lipinski definition) is 0. The summed E-state index contributed by atoms with van der Waals surface area (Å²) >= 11 is 1.81. The SMILES string of the molecule is c1ccc(-c2cccc(-c3cccc4c3sc3c(-c5nc(-c6ccccc6)nc(-c6cccc7c8ccccc8n(-c8ccccc8)c67)n5)cc(-n5c6ccccc6c6ccccc65)cc34)c2)cc1. The van der Waals surface area contributed by atoms with E-state index in [4.69, 9.17) is 15.0 Å². The van der Waals surface area contributed by atoms with Gasteiger partial charge in [0.15, 0.2) is 17.5 Å². The Morgan fingerprint density at radius 1 is 0.275 bits per heavy atom. The van der Waals surface area contributed by atoms with Gasteiger partial charge in [-0.1, -0.05) is 182 Å². The predicted octanol–water partition coefficient (Wildman–Crippen LogP) is 16.8. The molecule has 10 aromatic carbocycles. The van der Waals surface area contributed by atoms with E-state index in [-0.39, 0.29) is 0 Å². The average molecular weight is 898 g/mol. The summed E-state index contributed by atoms with van der Waals surface area (Å²) in [5.41, 5.74) is 14.1. The molecule has 0 saturated heterocycles. The van der Waals surface area contributed by atoms with Gasteiger partial charge in [0.2, 0.25) is 0 Å². The van der Waals surface area contributed by atoms with Crippen molar-refractivity contribution in [1.82, 2.24) is 24.1 Å². The summed E-state index contributed by atoms with van der Waals surface area (Å²) in [7, 11) is 0. The van der Waals surface area contributed by atoms with Crippen LogP contribution in [0.25, 0.3) is 132 Å². The van der Waals surface area contributed by atoms with Crippen molar-refractivity contribution in [3.63, 3.8) is 0 Å². The zero-order valence-electron chi connectivity index (χ0n) is 37.2. The highest BCUT2D eigenvalue weighted by atomic mass is 32.1. The van der Waals surface area contributed by atoms with Gasteiger partial charge >= 0.3 is 0 Å². The molecule has 0 atom stereocenters. The minimum Gasteiger partial charge on any atom is -0.309 e.